The fraction of sp³-hybridized carbons (Fsp3) is 0.538. The molecular formula is C13H19N3OS. The Morgan fingerprint density at radius 3 is 3.11 bits per heavy atom. The van der Waals surface area contributed by atoms with Crippen LogP contribution in [-0.4, -0.2) is 34.6 Å². The standard InChI is InChI=1S/C13H19N3OS/c1-17-12-7-4-5-10(15-12)9-16-8-3-2-6-11(16)13(14)18/h4-5,7,11H,2-3,6,8-9H2,1H3,(H2,14,18). The van der Waals surface area contributed by atoms with E-state index in [1.54, 1.807) is 7.11 Å². The average Bonchev–Trinajstić information content (AvgIpc) is 2.39. The van der Waals surface area contributed by atoms with Crippen LogP contribution in [-0.2, 0) is 6.54 Å². The zero-order valence-electron chi connectivity index (χ0n) is 10.6. The molecule has 0 radical (unpaired) electrons. The number of methoxy groups -OCH3 is 1. The summed E-state index contributed by atoms with van der Waals surface area (Å²) >= 11 is 5.15. The van der Waals surface area contributed by atoms with Crippen molar-refractivity contribution in [3.63, 3.8) is 0 Å². The van der Waals surface area contributed by atoms with Crippen molar-refractivity contribution in [1.82, 2.24) is 9.88 Å². The fourth-order valence-corrected chi connectivity index (χ4v) is 2.64. The van der Waals surface area contributed by atoms with Gasteiger partial charge in [0.1, 0.15) is 0 Å². The van der Waals surface area contributed by atoms with Crippen molar-refractivity contribution >= 4 is 17.2 Å². The van der Waals surface area contributed by atoms with E-state index in [1.165, 1.54) is 12.8 Å². The minimum absolute atomic E-state index is 0.210. The van der Waals surface area contributed by atoms with E-state index in [1.807, 2.05) is 18.2 Å². The Hall–Kier alpha value is -1.20. The van der Waals surface area contributed by atoms with Crippen molar-refractivity contribution in [2.24, 2.45) is 5.73 Å². The Balaban J connectivity index is 2.08. The first-order chi connectivity index (χ1) is 8.70. The lowest BCUT2D eigenvalue weighted by molar-refractivity contribution is 0.182. The van der Waals surface area contributed by atoms with Crippen molar-refractivity contribution in [2.75, 3.05) is 13.7 Å². The lowest BCUT2D eigenvalue weighted by atomic mass is 10.0. The number of likely N-dealkylation sites (tertiary alicyclic amines) is 1. The van der Waals surface area contributed by atoms with E-state index in [0.29, 0.717) is 10.9 Å². The number of nitrogens with zero attached hydrogens (tertiary/aromatic N) is 2. The Kier molecular flexibility index (Phi) is 4.49. The molecule has 0 saturated carbocycles. The number of aromatic nitrogens is 1. The van der Waals surface area contributed by atoms with E-state index in [-0.39, 0.29) is 6.04 Å². The van der Waals surface area contributed by atoms with Crippen LogP contribution in [0.5, 0.6) is 5.88 Å². The molecule has 1 aromatic heterocycles. The summed E-state index contributed by atoms with van der Waals surface area (Å²) in [6.45, 7) is 1.81. The van der Waals surface area contributed by atoms with Crippen LogP contribution in [0.4, 0.5) is 0 Å². The quantitative estimate of drug-likeness (QED) is 0.840. The summed E-state index contributed by atoms with van der Waals surface area (Å²) in [7, 11) is 1.63. The molecule has 1 unspecified atom stereocenters. The molecule has 0 aliphatic carbocycles. The van der Waals surface area contributed by atoms with Crippen molar-refractivity contribution in [1.29, 1.82) is 0 Å². The van der Waals surface area contributed by atoms with E-state index >= 15 is 0 Å². The molecule has 98 valence electrons. The highest BCUT2D eigenvalue weighted by Gasteiger charge is 2.24. The van der Waals surface area contributed by atoms with E-state index in [0.717, 1.165) is 25.2 Å². The lowest BCUT2D eigenvalue weighted by Crippen LogP contribution is -2.46. The van der Waals surface area contributed by atoms with Gasteiger partial charge in [-0.25, -0.2) is 4.98 Å². The molecule has 1 aliphatic rings. The monoisotopic (exact) mass is 265 g/mol. The van der Waals surface area contributed by atoms with Crippen LogP contribution in [0.15, 0.2) is 18.2 Å². The molecule has 0 bridgehead atoms. The van der Waals surface area contributed by atoms with Gasteiger partial charge in [-0.3, -0.25) is 4.90 Å². The molecule has 0 aromatic carbocycles. The largest absolute Gasteiger partial charge is 0.481 e. The highest BCUT2D eigenvalue weighted by Crippen LogP contribution is 2.20. The van der Waals surface area contributed by atoms with Gasteiger partial charge in [-0.15, -0.1) is 0 Å². The van der Waals surface area contributed by atoms with Gasteiger partial charge in [-0.1, -0.05) is 24.7 Å². The van der Waals surface area contributed by atoms with Crippen LogP contribution in [0.25, 0.3) is 0 Å². The summed E-state index contributed by atoms with van der Waals surface area (Å²) in [5, 5.41) is 0. The maximum absolute atomic E-state index is 5.81. The number of piperidine rings is 1. The number of ether oxygens (including phenoxy) is 1. The summed E-state index contributed by atoms with van der Waals surface area (Å²) < 4.78 is 5.14. The molecule has 1 atom stereocenters. The molecule has 1 aromatic rings. The van der Waals surface area contributed by atoms with Crippen molar-refractivity contribution in [3.05, 3.63) is 23.9 Å². The molecule has 18 heavy (non-hydrogen) atoms. The normalized spacial score (nSPS) is 20.6. The highest BCUT2D eigenvalue weighted by atomic mass is 32.1. The third kappa shape index (κ3) is 3.17. The fourth-order valence-electron chi connectivity index (χ4n) is 2.37. The Bertz CT molecular complexity index is 424. The number of rotatable bonds is 4. The lowest BCUT2D eigenvalue weighted by Gasteiger charge is -2.34. The van der Waals surface area contributed by atoms with Crippen LogP contribution < -0.4 is 10.5 Å². The van der Waals surface area contributed by atoms with Gasteiger partial charge in [0.05, 0.1) is 23.8 Å². The maximum atomic E-state index is 5.81. The third-order valence-corrected chi connectivity index (χ3v) is 3.57. The predicted octanol–water partition coefficient (Wildman–Crippen LogP) is 1.73. The first-order valence-electron chi connectivity index (χ1n) is 6.24. The smallest absolute Gasteiger partial charge is 0.213 e. The molecule has 5 heteroatoms. The second-order valence-electron chi connectivity index (χ2n) is 4.56. The van der Waals surface area contributed by atoms with Crippen molar-refractivity contribution in [3.8, 4) is 5.88 Å². The molecule has 0 amide bonds. The van der Waals surface area contributed by atoms with Gasteiger partial charge in [0.15, 0.2) is 0 Å². The van der Waals surface area contributed by atoms with Gasteiger partial charge in [0.2, 0.25) is 5.88 Å². The van der Waals surface area contributed by atoms with Gasteiger partial charge in [0, 0.05) is 12.6 Å². The minimum atomic E-state index is 0.210. The Morgan fingerprint density at radius 1 is 1.56 bits per heavy atom. The van der Waals surface area contributed by atoms with Gasteiger partial charge in [-0.05, 0) is 25.5 Å². The number of thiocarbonyl (C=S) groups is 1. The first kappa shape index (κ1) is 13.2. The molecule has 0 spiro atoms. The molecule has 2 N–H and O–H groups in total. The average molecular weight is 265 g/mol. The Labute approximate surface area is 113 Å². The van der Waals surface area contributed by atoms with Gasteiger partial charge >= 0.3 is 0 Å². The molecule has 1 saturated heterocycles. The third-order valence-electron chi connectivity index (χ3n) is 3.30. The topological polar surface area (TPSA) is 51.4 Å². The molecule has 1 fully saturated rings. The maximum Gasteiger partial charge on any atom is 0.213 e. The minimum Gasteiger partial charge on any atom is -0.481 e. The summed E-state index contributed by atoms with van der Waals surface area (Å²) in [5.74, 6) is 0.649. The van der Waals surface area contributed by atoms with E-state index in [2.05, 4.69) is 9.88 Å². The van der Waals surface area contributed by atoms with Crippen LogP contribution in [0.1, 0.15) is 25.0 Å². The van der Waals surface area contributed by atoms with Crippen molar-refractivity contribution < 1.29 is 4.74 Å². The van der Waals surface area contributed by atoms with E-state index < -0.39 is 0 Å². The van der Waals surface area contributed by atoms with Crippen molar-refractivity contribution in [2.45, 2.75) is 31.8 Å². The predicted molar refractivity (Wildman–Crippen MR) is 75.6 cm³/mol. The van der Waals surface area contributed by atoms with Crippen LogP contribution >= 0.6 is 12.2 Å². The summed E-state index contributed by atoms with van der Waals surface area (Å²) in [6.07, 6.45) is 3.45. The second-order valence-corrected chi connectivity index (χ2v) is 5.03. The zero-order chi connectivity index (χ0) is 13.0. The van der Waals surface area contributed by atoms with Crippen LogP contribution in [0, 0.1) is 0 Å². The molecule has 2 rings (SSSR count). The van der Waals surface area contributed by atoms with Gasteiger partial charge in [0.25, 0.3) is 0 Å². The zero-order valence-corrected chi connectivity index (χ0v) is 11.4. The highest BCUT2D eigenvalue weighted by molar-refractivity contribution is 7.80. The number of pyridine rings is 1. The van der Waals surface area contributed by atoms with E-state index in [4.69, 9.17) is 22.7 Å². The summed E-state index contributed by atoms with van der Waals surface area (Å²) in [5.41, 5.74) is 6.81. The molecule has 1 aliphatic heterocycles. The molecule has 4 nitrogen and oxygen atoms in total. The first-order valence-corrected chi connectivity index (χ1v) is 6.65. The van der Waals surface area contributed by atoms with E-state index in [9.17, 15) is 0 Å². The van der Waals surface area contributed by atoms with Crippen LogP contribution in [0.3, 0.4) is 0 Å². The van der Waals surface area contributed by atoms with Gasteiger partial charge < -0.3 is 10.5 Å². The second kappa shape index (κ2) is 6.11. The number of hydrogen-bond donors (Lipinski definition) is 1. The molecule has 2 heterocycles. The summed E-state index contributed by atoms with van der Waals surface area (Å²) in [6, 6.07) is 6.03. The molecular weight excluding hydrogens is 246 g/mol. The number of nitrogens with two attached hydrogens (primary N) is 1. The number of hydrogen-bond acceptors (Lipinski definition) is 4. The van der Waals surface area contributed by atoms with Crippen LogP contribution in [0.2, 0.25) is 0 Å². The SMILES string of the molecule is COc1cccc(CN2CCCCC2C(N)=S)n1. The Morgan fingerprint density at radius 2 is 2.39 bits per heavy atom. The summed E-state index contributed by atoms with van der Waals surface area (Å²) in [4.78, 5) is 7.34. The van der Waals surface area contributed by atoms with Gasteiger partial charge in [-0.2, -0.15) is 0 Å².